The number of dihydropyridines is 1. The van der Waals surface area contributed by atoms with Gasteiger partial charge in [0.1, 0.15) is 5.76 Å². The van der Waals surface area contributed by atoms with Crippen LogP contribution in [0.1, 0.15) is 42.2 Å². The Morgan fingerprint density at radius 2 is 1.90 bits per heavy atom. The van der Waals surface area contributed by atoms with Crippen LogP contribution in [0.25, 0.3) is 0 Å². The lowest BCUT2D eigenvalue weighted by Gasteiger charge is -2.28. The SMILES string of the molecule is CCc1cccc(C)c1NC(=O)C1=C(C)NC(SCC(=O)Nc2ccc([N+](=O)[O-])cc2C)=C(C#N)C1c1ccco1. The first-order valence-corrected chi connectivity index (χ1v) is 13.9. The molecule has 41 heavy (non-hydrogen) atoms. The third kappa shape index (κ3) is 6.34. The zero-order chi connectivity index (χ0) is 29.7. The Hall–Kier alpha value is -4.82. The first kappa shape index (κ1) is 29.2. The van der Waals surface area contributed by atoms with Crippen molar-refractivity contribution in [1.82, 2.24) is 5.32 Å². The summed E-state index contributed by atoms with van der Waals surface area (Å²) >= 11 is 1.12. The van der Waals surface area contributed by atoms with Gasteiger partial charge in [-0.1, -0.05) is 36.9 Å². The number of allylic oxidation sites excluding steroid dienone is 2. The molecule has 2 amide bonds. The monoisotopic (exact) mass is 571 g/mol. The topological polar surface area (TPSA) is 150 Å². The number of benzene rings is 2. The van der Waals surface area contributed by atoms with Crippen molar-refractivity contribution in [3.8, 4) is 6.07 Å². The number of carbonyl (C=O) groups excluding carboxylic acids is 2. The second-order valence-corrected chi connectivity index (χ2v) is 10.5. The summed E-state index contributed by atoms with van der Waals surface area (Å²) in [5, 5.41) is 30.6. The lowest BCUT2D eigenvalue weighted by atomic mass is 9.85. The number of hydrogen-bond donors (Lipinski definition) is 3. The molecular weight excluding hydrogens is 542 g/mol. The minimum Gasteiger partial charge on any atom is -0.468 e. The Labute approximate surface area is 241 Å². The number of rotatable bonds is 9. The second kappa shape index (κ2) is 12.6. The van der Waals surface area contributed by atoms with Gasteiger partial charge >= 0.3 is 0 Å². The molecule has 0 aliphatic carbocycles. The number of aryl methyl sites for hydroxylation is 3. The molecule has 0 spiro atoms. The van der Waals surface area contributed by atoms with Crippen LogP contribution in [0.2, 0.25) is 0 Å². The molecule has 0 fully saturated rings. The summed E-state index contributed by atoms with van der Waals surface area (Å²) in [6, 6.07) is 15.7. The second-order valence-electron chi connectivity index (χ2n) is 9.48. The van der Waals surface area contributed by atoms with Crippen LogP contribution in [-0.4, -0.2) is 22.5 Å². The number of nitrogens with one attached hydrogen (secondary N) is 3. The van der Waals surface area contributed by atoms with Gasteiger partial charge in [0.25, 0.3) is 11.6 Å². The highest BCUT2D eigenvalue weighted by Crippen LogP contribution is 2.41. The van der Waals surface area contributed by atoms with E-state index in [0.29, 0.717) is 33.3 Å². The van der Waals surface area contributed by atoms with Crippen LogP contribution in [0.3, 0.4) is 0 Å². The van der Waals surface area contributed by atoms with Crippen LogP contribution in [0, 0.1) is 35.3 Å². The Bertz CT molecular complexity index is 1620. The first-order chi connectivity index (χ1) is 19.6. The van der Waals surface area contributed by atoms with Crippen molar-refractivity contribution in [3.05, 3.63) is 109 Å². The van der Waals surface area contributed by atoms with Gasteiger partial charge in [0, 0.05) is 29.2 Å². The Morgan fingerprint density at radius 1 is 1.12 bits per heavy atom. The minimum absolute atomic E-state index is 0.0489. The summed E-state index contributed by atoms with van der Waals surface area (Å²) in [6.45, 7) is 7.36. The van der Waals surface area contributed by atoms with Crippen LogP contribution in [-0.2, 0) is 16.0 Å². The van der Waals surface area contributed by atoms with E-state index in [4.69, 9.17) is 4.42 Å². The zero-order valence-electron chi connectivity index (χ0n) is 23.0. The van der Waals surface area contributed by atoms with Gasteiger partial charge in [-0.15, -0.1) is 0 Å². The normalized spacial score (nSPS) is 14.8. The van der Waals surface area contributed by atoms with Crippen LogP contribution in [0.5, 0.6) is 0 Å². The molecule has 1 aliphatic rings. The molecule has 4 rings (SSSR count). The molecule has 1 aliphatic heterocycles. The summed E-state index contributed by atoms with van der Waals surface area (Å²) in [4.78, 5) is 37.0. The van der Waals surface area contributed by atoms with Crippen molar-refractivity contribution in [2.75, 3.05) is 16.4 Å². The molecule has 1 atom stereocenters. The molecule has 0 bridgehead atoms. The largest absolute Gasteiger partial charge is 0.468 e. The smallest absolute Gasteiger partial charge is 0.269 e. The van der Waals surface area contributed by atoms with E-state index < -0.39 is 10.8 Å². The first-order valence-electron chi connectivity index (χ1n) is 12.9. The number of nitrogens with zero attached hydrogens (tertiary/aromatic N) is 2. The van der Waals surface area contributed by atoms with E-state index in [1.807, 2.05) is 32.0 Å². The van der Waals surface area contributed by atoms with Gasteiger partial charge < -0.3 is 20.4 Å². The Balaban J connectivity index is 1.59. The highest BCUT2D eigenvalue weighted by Gasteiger charge is 2.36. The van der Waals surface area contributed by atoms with Gasteiger partial charge in [0.2, 0.25) is 5.91 Å². The fraction of sp³-hybridized carbons (Fsp3) is 0.233. The van der Waals surface area contributed by atoms with Crippen LogP contribution in [0.15, 0.2) is 81.1 Å². The van der Waals surface area contributed by atoms with Crippen molar-refractivity contribution < 1.29 is 18.9 Å². The van der Waals surface area contributed by atoms with Gasteiger partial charge in [-0.3, -0.25) is 19.7 Å². The van der Waals surface area contributed by atoms with Crippen LogP contribution in [0.4, 0.5) is 17.1 Å². The van der Waals surface area contributed by atoms with E-state index in [-0.39, 0.29) is 28.8 Å². The number of nitro benzene ring substituents is 1. The maximum absolute atomic E-state index is 13.7. The standard InChI is InChI=1S/C30H29N5O5S/c1-5-20-9-6-8-17(2)28(20)34-29(37)26-19(4)32-30(22(15-31)27(26)24-10-7-13-40-24)41-16-25(36)33-23-12-11-21(35(38)39)14-18(23)3/h6-14,27,32H,5,16H2,1-4H3,(H,33,36)(H,34,37). The summed E-state index contributed by atoms with van der Waals surface area (Å²) in [5.41, 5.74) is 4.73. The van der Waals surface area contributed by atoms with E-state index in [1.165, 1.54) is 24.5 Å². The molecule has 3 N–H and O–H groups in total. The molecule has 210 valence electrons. The number of amides is 2. The molecule has 11 heteroatoms. The summed E-state index contributed by atoms with van der Waals surface area (Å²) < 4.78 is 5.68. The van der Waals surface area contributed by atoms with Gasteiger partial charge in [-0.25, -0.2) is 0 Å². The minimum atomic E-state index is -0.784. The molecular formula is C30H29N5O5S. The summed E-state index contributed by atoms with van der Waals surface area (Å²) in [5.74, 6) is -1.12. The summed E-state index contributed by atoms with van der Waals surface area (Å²) in [6.07, 6.45) is 2.22. The molecule has 10 nitrogen and oxygen atoms in total. The molecule has 3 aromatic rings. The van der Waals surface area contributed by atoms with E-state index >= 15 is 0 Å². The fourth-order valence-electron chi connectivity index (χ4n) is 4.68. The lowest BCUT2D eigenvalue weighted by Crippen LogP contribution is -2.31. The van der Waals surface area contributed by atoms with E-state index in [9.17, 15) is 25.0 Å². The number of thioether (sulfide) groups is 1. The third-order valence-corrected chi connectivity index (χ3v) is 7.76. The molecule has 1 aromatic heterocycles. The average molecular weight is 572 g/mol. The predicted octanol–water partition coefficient (Wildman–Crippen LogP) is 6.07. The van der Waals surface area contributed by atoms with Crippen molar-refractivity contribution in [2.24, 2.45) is 0 Å². The fourth-order valence-corrected chi connectivity index (χ4v) is 5.57. The number of furan rings is 1. The highest BCUT2D eigenvalue weighted by atomic mass is 32.2. The Morgan fingerprint density at radius 3 is 2.54 bits per heavy atom. The number of para-hydroxylation sites is 1. The van der Waals surface area contributed by atoms with Crippen LogP contribution < -0.4 is 16.0 Å². The van der Waals surface area contributed by atoms with Gasteiger partial charge in [-0.2, -0.15) is 5.26 Å². The number of non-ortho nitro benzene ring substituents is 1. The van der Waals surface area contributed by atoms with Crippen molar-refractivity contribution in [3.63, 3.8) is 0 Å². The summed E-state index contributed by atoms with van der Waals surface area (Å²) in [7, 11) is 0. The molecule has 2 aromatic carbocycles. The lowest BCUT2D eigenvalue weighted by molar-refractivity contribution is -0.384. The quantitative estimate of drug-likeness (QED) is 0.207. The number of hydrogen-bond acceptors (Lipinski definition) is 8. The number of nitro groups is 1. The third-order valence-electron chi connectivity index (χ3n) is 6.74. The molecule has 2 heterocycles. The Kier molecular flexibility index (Phi) is 8.94. The van der Waals surface area contributed by atoms with E-state index in [2.05, 4.69) is 22.0 Å². The van der Waals surface area contributed by atoms with E-state index in [0.717, 1.165) is 35.0 Å². The maximum atomic E-state index is 13.7. The van der Waals surface area contributed by atoms with Gasteiger partial charge in [0.05, 0.1) is 45.1 Å². The van der Waals surface area contributed by atoms with Crippen molar-refractivity contribution in [1.29, 1.82) is 5.26 Å². The van der Waals surface area contributed by atoms with E-state index in [1.54, 1.807) is 26.0 Å². The molecule has 0 saturated carbocycles. The average Bonchev–Trinajstić information content (AvgIpc) is 3.48. The van der Waals surface area contributed by atoms with Crippen LogP contribution >= 0.6 is 11.8 Å². The molecule has 0 saturated heterocycles. The number of nitriles is 1. The maximum Gasteiger partial charge on any atom is 0.269 e. The van der Waals surface area contributed by atoms with Crippen molar-refractivity contribution in [2.45, 2.75) is 40.0 Å². The number of carbonyl (C=O) groups is 2. The van der Waals surface area contributed by atoms with Gasteiger partial charge in [-0.05, 0) is 62.1 Å². The van der Waals surface area contributed by atoms with Crippen molar-refractivity contribution >= 4 is 40.6 Å². The predicted molar refractivity (Wildman–Crippen MR) is 158 cm³/mol. The molecule has 0 radical (unpaired) electrons. The molecule has 1 unspecified atom stereocenters. The highest BCUT2D eigenvalue weighted by molar-refractivity contribution is 8.03. The number of anilines is 2. The van der Waals surface area contributed by atoms with Gasteiger partial charge in [0.15, 0.2) is 0 Å². The zero-order valence-corrected chi connectivity index (χ0v) is 23.8.